The molecule has 1 aliphatic heterocycles. The molecule has 1 aromatic carbocycles. The summed E-state index contributed by atoms with van der Waals surface area (Å²) in [5.41, 5.74) is 1.66. The largest absolute Gasteiger partial charge is 0.381 e. The number of carbonyl (C=O) groups is 1. The van der Waals surface area contributed by atoms with Crippen LogP contribution in [0.1, 0.15) is 20.3 Å². The van der Waals surface area contributed by atoms with Crippen LogP contribution >= 0.6 is 23.4 Å². The van der Waals surface area contributed by atoms with E-state index in [1.807, 2.05) is 30.0 Å². The van der Waals surface area contributed by atoms with Gasteiger partial charge in [-0.25, -0.2) is 0 Å². The standard InChI is InChI=1S/C13H17ClN2OS/c1-8-12(5-6-18-8)16-10-3-4-13(11(14)7-10)15-9(2)17/h3-4,7-8,12,16H,5-6H2,1-2H3,(H,15,17). The molecule has 3 nitrogen and oxygen atoms in total. The maximum absolute atomic E-state index is 11.0. The van der Waals surface area contributed by atoms with Crippen molar-refractivity contribution in [3.8, 4) is 0 Å². The first-order chi connectivity index (χ1) is 8.56. The second-order valence-electron chi connectivity index (χ2n) is 4.49. The van der Waals surface area contributed by atoms with E-state index in [0.717, 1.165) is 5.69 Å². The van der Waals surface area contributed by atoms with Gasteiger partial charge in [-0.05, 0) is 30.4 Å². The zero-order valence-corrected chi connectivity index (χ0v) is 12.1. The third-order valence-corrected chi connectivity index (χ3v) is 4.65. The average Bonchev–Trinajstić information content (AvgIpc) is 2.68. The Bertz CT molecular complexity index is 453. The fourth-order valence-electron chi connectivity index (χ4n) is 2.03. The third kappa shape index (κ3) is 3.33. The Hall–Kier alpha value is -0.870. The van der Waals surface area contributed by atoms with Crippen molar-refractivity contribution in [2.75, 3.05) is 16.4 Å². The lowest BCUT2D eigenvalue weighted by molar-refractivity contribution is -0.114. The quantitative estimate of drug-likeness (QED) is 0.891. The van der Waals surface area contributed by atoms with Crippen LogP contribution in [-0.4, -0.2) is 23.0 Å². The summed E-state index contributed by atoms with van der Waals surface area (Å²) in [5, 5.41) is 7.38. The fraction of sp³-hybridized carbons (Fsp3) is 0.462. The molecule has 0 aliphatic carbocycles. The summed E-state index contributed by atoms with van der Waals surface area (Å²) < 4.78 is 0. The van der Waals surface area contributed by atoms with Crippen molar-refractivity contribution in [3.05, 3.63) is 23.2 Å². The molecule has 0 bridgehead atoms. The monoisotopic (exact) mass is 284 g/mol. The minimum absolute atomic E-state index is 0.113. The van der Waals surface area contributed by atoms with Crippen molar-refractivity contribution in [1.82, 2.24) is 0 Å². The zero-order chi connectivity index (χ0) is 13.1. The van der Waals surface area contributed by atoms with E-state index >= 15 is 0 Å². The van der Waals surface area contributed by atoms with Gasteiger partial charge in [-0.2, -0.15) is 11.8 Å². The van der Waals surface area contributed by atoms with Crippen LogP contribution in [0.15, 0.2) is 18.2 Å². The number of halogens is 1. The van der Waals surface area contributed by atoms with Gasteiger partial charge in [-0.3, -0.25) is 4.79 Å². The minimum Gasteiger partial charge on any atom is -0.381 e. The molecule has 2 atom stereocenters. The van der Waals surface area contributed by atoms with Gasteiger partial charge in [0.15, 0.2) is 0 Å². The normalized spacial score (nSPS) is 22.8. The smallest absolute Gasteiger partial charge is 0.221 e. The van der Waals surface area contributed by atoms with E-state index in [0.29, 0.717) is 22.0 Å². The Kier molecular flexibility index (Phi) is 4.40. The molecule has 1 fully saturated rings. The molecule has 1 saturated heterocycles. The number of carbonyl (C=O) groups excluding carboxylic acids is 1. The lowest BCUT2D eigenvalue weighted by Crippen LogP contribution is -2.24. The number of nitrogens with one attached hydrogen (secondary N) is 2. The van der Waals surface area contributed by atoms with Gasteiger partial charge in [0.1, 0.15) is 0 Å². The highest BCUT2D eigenvalue weighted by atomic mass is 35.5. The predicted molar refractivity (Wildman–Crippen MR) is 79.7 cm³/mol. The topological polar surface area (TPSA) is 41.1 Å². The van der Waals surface area contributed by atoms with Gasteiger partial charge in [0.25, 0.3) is 0 Å². The summed E-state index contributed by atoms with van der Waals surface area (Å²) >= 11 is 8.12. The summed E-state index contributed by atoms with van der Waals surface area (Å²) in [5.74, 6) is 1.09. The maximum atomic E-state index is 11.0. The van der Waals surface area contributed by atoms with Crippen LogP contribution in [0.4, 0.5) is 11.4 Å². The van der Waals surface area contributed by atoms with Crippen molar-refractivity contribution >= 4 is 40.6 Å². The highest BCUT2D eigenvalue weighted by Crippen LogP contribution is 2.31. The van der Waals surface area contributed by atoms with Gasteiger partial charge >= 0.3 is 0 Å². The molecule has 0 spiro atoms. The first-order valence-corrected chi connectivity index (χ1v) is 7.44. The van der Waals surface area contributed by atoms with Gasteiger partial charge < -0.3 is 10.6 Å². The van der Waals surface area contributed by atoms with Gasteiger partial charge in [0, 0.05) is 23.9 Å². The summed E-state index contributed by atoms with van der Waals surface area (Å²) in [6.07, 6.45) is 1.18. The van der Waals surface area contributed by atoms with E-state index in [1.54, 1.807) is 0 Å². The average molecular weight is 285 g/mol. The van der Waals surface area contributed by atoms with E-state index in [-0.39, 0.29) is 5.91 Å². The second kappa shape index (κ2) is 5.85. The highest BCUT2D eigenvalue weighted by Gasteiger charge is 2.23. The van der Waals surface area contributed by atoms with E-state index in [4.69, 9.17) is 11.6 Å². The molecule has 0 radical (unpaired) electrons. The lowest BCUT2D eigenvalue weighted by atomic mass is 10.1. The Labute approximate surface area is 117 Å². The third-order valence-electron chi connectivity index (χ3n) is 3.01. The Morgan fingerprint density at radius 1 is 1.50 bits per heavy atom. The first kappa shape index (κ1) is 13.6. The van der Waals surface area contributed by atoms with Crippen molar-refractivity contribution in [2.24, 2.45) is 0 Å². The van der Waals surface area contributed by atoms with Crippen LogP contribution in [-0.2, 0) is 4.79 Å². The number of hydrogen-bond donors (Lipinski definition) is 2. The van der Waals surface area contributed by atoms with Crippen LogP contribution in [0.2, 0.25) is 5.02 Å². The highest BCUT2D eigenvalue weighted by molar-refractivity contribution is 8.00. The molecule has 2 rings (SSSR count). The lowest BCUT2D eigenvalue weighted by Gasteiger charge is -2.18. The van der Waals surface area contributed by atoms with E-state index in [9.17, 15) is 4.79 Å². The van der Waals surface area contributed by atoms with Crippen molar-refractivity contribution < 1.29 is 4.79 Å². The predicted octanol–water partition coefficient (Wildman–Crippen LogP) is 3.60. The van der Waals surface area contributed by atoms with Crippen LogP contribution in [0.3, 0.4) is 0 Å². The molecular weight excluding hydrogens is 268 g/mol. The first-order valence-electron chi connectivity index (χ1n) is 6.01. The number of benzene rings is 1. The number of anilines is 2. The molecular formula is C13H17ClN2OS. The van der Waals surface area contributed by atoms with Crippen molar-refractivity contribution in [1.29, 1.82) is 0 Å². The summed E-state index contributed by atoms with van der Waals surface area (Å²) in [6, 6.07) is 6.14. The Morgan fingerprint density at radius 3 is 2.83 bits per heavy atom. The SMILES string of the molecule is CC(=O)Nc1ccc(NC2CCSC2C)cc1Cl. The van der Waals surface area contributed by atoms with E-state index in [1.165, 1.54) is 19.1 Å². The van der Waals surface area contributed by atoms with Gasteiger partial charge in [-0.1, -0.05) is 18.5 Å². The number of amides is 1. The van der Waals surface area contributed by atoms with Crippen molar-refractivity contribution in [3.63, 3.8) is 0 Å². The molecule has 0 aromatic heterocycles. The molecule has 1 heterocycles. The van der Waals surface area contributed by atoms with E-state index < -0.39 is 0 Å². The van der Waals surface area contributed by atoms with Gasteiger partial charge in [-0.15, -0.1) is 0 Å². The Morgan fingerprint density at radius 2 is 2.28 bits per heavy atom. The number of thioether (sulfide) groups is 1. The minimum atomic E-state index is -0.113. The zero-order valence-electron chi connectivity index (χ0n) is 10.5. The van der Waals surface area contributed by atoms with Gasteiger partial charge in [0.2, 0.25) is 5.91 Å². The fourth-order valence-corrected chi connectivity index (χ4v) is 3.46. The summed E-state index contributed by atoms with van der Waals surface area (Å²) in [7, 11) is 0. The maximum Gasteiger partial charge on any atom is 0.221 e. The van der Waals surface area contributed by atoms with Crippen LogP contribution in [0, 0.1) is 0 Å². The van der Waals surface area contributed by atoms with E-state index in [2.05, 4.69) is 17.6 Å². The molecule has 5 heteroatoms. The number of rotatable bonds is 3. The van der Waals surface area contributed by atoms with Crippen LogP contribution in [0.5, 0.6) is 0 Å². The summed E-state index contributed by atoms with van der Waals surface area (Å²) in [6.45, 7) is 3.71. The van der Waals surface area contributed by atoms with Gasteiger partial charge in [0.05, 0.1) is 10.7 Å². The molecule has 98 valence electrons. The van der Waals surface area contributed by atoms with Crippen LogP contribution < -0.4 is 10.6 Å². The van der Waals surface area contributed by atoms with Crippen LogP contribution in [0.25, 0.3) is 0 Å². The molecule has 2 N–H and O–H groups in total. The Balaban J connectivity index is 2.06. The number of hydrogen-bond acceptors (Lipinski definition) is 3. The molecule has 18 heavy (non-hydrogen) atoms. The molecule has 1 aromatic rings. The molecule has 1 amide bonds. The molecule has 0 saturated carbocycles. The molecule has 1 aliphatic rings. The molecule has 2 unspecified atom stereocenters. The summed E-state index contributed by atoms with van der Waals surface area (Å²) in [4.78, 5) is 11.0. The second-order valence-corrected chi connectivity index (χ2v) is 6.38. The van der Waals surface area contributed by atoms with Crippen molar-refractivity contribution in [2.45, 2.75) is 31.6 Å².